The van der Waals surface area contributed by atoms with Gasteiger partial charge < -0.3 is 10.2 Å². The van der Waals surface area contributed by atoms with Crippen LogP contribution in [0.15, 0.2) is 48.5 Å². The van der Waals surface area contributed by atoms with E-state index in [-0.39, 0.29) is 11.5 Å². The second-order valence-corrected chi connectivity index (χ2v) is 13.9. The van der Waals surface area contributed by atoms with Crippen molar-refractivity contribution in [1.82, 2.24) is 0 Å². The van der Waals surface area contributed by atoms with E-state index in [4.69, 9.17) is 0 Å². The molecule has 0 fully saturated rings. The van der Waals surface area contributed by atoms with Gasteiger partial charge in [-0.3, -0.25) is 0 Å². The fourth-order valence-corrected chi connectivity index (χ4v) is 6.60. The van der Waals surface area contributed by atoms with Crippen molar-refractivity contribution < 1.29 is 10.2 Å². The first-order chi connectivity index (χ1) is 23.5. The molecule has 0 aliphatic heterocycles. The van der Waals surface area contributed by atoms with Gasteiger partial charge in [-0.15, -0.1) is 0 Å². The van der Waals surface area contributed by atoms with Gasteiger partial charge >= 0.3 is 0 Å². The molecule has 0 saturated heterocycles. The first-order valence-electron chi connectivity index (χ1n) is 19.6. The Labute approximate surface area is 294 Å². The molecule has 262 valence electrons. The van der Waals surface area contributed by atoms with Crippen molar-refractivity contribution in [3.05, 3.63) is 93.0 Å². The van der Waals surface area contributed by atoms with E-state index in [9.17, 15) is 10.2 Å². The van der Waals surface area contributed by atoms with E-state index in [0.717, 1.165) is 25.7 Å². The number of benzene rings is 3. The van der Waals surface area contributed by atoms with Gasteiger partial charge in [-0.25, -0.2) is 0 Å². The Kier molecular flexibility index (Phi) is 18.9. The largest absolute Gasteiger partial charge is 0.507 e. The van der Waals surface area contributed by atoms with Crippen molar-refractivity contribution >= 4 is 24.3 Å². The molecule has 0 atom stereocenters. The highest BCUT2D eigenvalue weighted by Gasteiger charge is 2.09. The number of hydrogen-bond donors (Lipinski definition) is 2. The summed E-state index contributed by atoms with van der Waals surface area (Å²) in [6, 6.07) is 17.3. The molecule has 0 unspecified atom stereocenters. The predicted octanol–water partition coefficient (Wildman–Crippen LogP) is 13.9. The Morgan fingerprint density at radius 1 is 0.375 bits per heavy atom. The van der Waals surface area contributed by atoms with Gasteiger partial charge in [-0.1, -0.05) is 165 Å². The summed E-state index contributed by atoms with van der Waals surface area (Å²) in [5, 5.41) is 22.2. The number of aromatic hydroxyl groups is 2. The van der Waals surface area contributed by atoms with E-state index in [2.05, 4.69) is 76.2 Å². The maximum atomic E-state index is 11.1. The molecule has 0 aliphatic rings. The fourth-order valence-electron chi connectivity index (χ4n) is 6.60. The lowest BCUT2D eigenvalue weighted by molar-refractivity contribution is 0.458. The maximum absolute atomic E-state index is 11.1. The number of unbranched alkanes of at least 4 members (excludes halogenated alkanes) is 12. The van der Waals surface area contributed by atoms with Crippen LogP contribution >= 0.6 is 0 Å². The van der Waals surface area contributed by atoms with Crippen LogP contribution in [0.2, 0.25) is 0 Å². The van der Waals surface area contributed by atoms with E-state index in [1.807, 2.05) is 12.2 Å². The molecule has 0 aromatic heterocycles. The summed E-state index contributed by atoms with van der Waals surface area (Å²) in [4.78, 5) is 0. The summed E-state index contributed by atoms with van der Waals surface area (Å²) in [7, 11) is 0. The molecule has 0 saturated carbocycles. The standard InChI is InChI=1S/C46H66O2/c1-5-9-13-17-21-37-25-27-39(23-19-15-11-7-3)41(33-37)29-31-43-35-46(48)44(36-45(43)47)32-30-42-34-38(22-18-14-10-6-2)26-28-40(42)24-20-16-12-8-4/h25-36,47-48H,5-24H2,1-4H3/b31-29+,32-30+. The fraction of sp³-hybridized carbons (Fsp3) is 0.522. The quantitative estimate of drug-likeness (QED) is 0.0575. The van der Waals surface area contributed by atoms with Crippen LogP contribution in [0, 0.1) is 0 Å². The molecule has 0 bridgehead atoms. The van der Waals surface area contributed by atoms with Crippen molar-refractivity contribution in [3.63, 3.8) is 0 Å². The third-order valence-corrected chi connectivity index (χ3v) is 9.72. The summed E-state index contributed by atoms with van der Waals surface area (Å²) in [6.07, 6.45) is 32.5. The molecule has 0 amide bonds. The van der Waals surface area contributed by atoms with E-state index >= 15 is 0 Å². The highest BCUT2D eigenvalue weighted by atomic mass is 16.3. The molecule has 3 aromatic rings. The molecule has 3 aromatic carbocycles. The SMILES string of the molecule is CCCCCCc1ccc(CCCCCC)c(/C=C/c2cc(O)c(/C=C/c3cc(CCCCCC)ccc3CCCCCC)cc2O)c1. The van der Waals surface area contributed by atoms with Crippen molar-refractivity contribution in [3.8, 4) is 11.5 Å². The zero-order valence-corrected chi connectivity index (χ0v) is 31.0. The highest BCUT2D eigenvalue weighted by Crippen LogP contribution is 2.31. The predicted molar refractivity (Wildman–Crippen MR) is 212 cm³/mol. The molecule has 2 N–H and O–H groups in total. The molecular weight excluding hydrogens is 585 g/mol. The van der Waals surface area contributed by atoms with Gasteiger partial charge in [0.1, 0.15) is 11.5 Å². The number of hydrogen-bond acceptors (Lipinski definition) is 2. The molecule has 0 aliphatic carbocycles. The Morgan fingerprint density at radius 3 is 1.06 bits per heavy atom. The van der Waals surface area contributed by atoms with Crippen LogP contribution < -0.4 is 0 Å². The van der Waals surface area contributed by atoms with Crippen LogP contribution in [-0.4, -0.2) is 10.2 Å². The number of aryl methyl sites for hydroxylation is 4. The zero-order valence-electron chi connectivity index (χ0n) is 31.0. The summed E-state index contributed by atoms with van der Waals surface area (Å²) < 4.78 is 0. The van der Waals surface area contributed by atoms with Crippen molar-refractivity contribution in [2.75, 3.05) is 0 Å². The van der Waals surface area contributed by atoms with E-state index in [1.54, 1.807) is 12.1 Å². The second kappa shape index (κ2) is 23.2. The average Bonchev–Trinajstić information content (AvgIpc) is 3.09. The highest BCUT2D eigenvalue weighted by molar-refractivity contribution is 5.79. The lowest BCUT2D eigenvalue weighted by Crippen LogP contribution is -1.94. The Morgan fingerprint density at radius 2 is 0.708 bits per heavy atom. The van der Waals surface area contributed by atoms with Gasteiger partial charge in [0.2, 0.25) is 0 Å². The zero-order chi connectivity index (χ0) is 34.4. The van der Waals surface area contributed by atoms with E-state index in [0.29, 0.717) is 11.1 Å². The summed E-state index contributed by atoms with van der Waals surface area (Å²) in [6.45, 7) is 9.02. The minimum Gasteiger partial charge on any atom is -0.507 e. The first kappa shape index (κ1) is 39.2. The summed E-state index contributed by atoms with van der Waals surface area (Å²) in [5.74, 6) is 0.377. The first-order valence-corrected chi connectivity index (χ1v) is 19.6. The molecule has 0 radical (unpaired) electrons. The normalized spacial score (nSPS) is 11.8. The third-order valence-electron chi connectivity index (χ3n) is 9.72. The van der Waals surface area contributed by atoms with Crippen LogP contribution in [0.25, 0.3) is 24.3 Å². The minimum atomic E-state index is 0.188. The lowest BCUT2D eigenvalue weighted by atomic mass is 9.95. The minimum absolute atomic E-state index is 0.188. The Balaban J connectivity index is 1.82. The topological polar surface area (TPSA) is 40.5 Å². The van der Waals surface area contributed by atoms with E-state index in [1.165, 1.54) is 136 Å². The van der Waals surface area contributed by atoms with Gasteiger partial charge in [0.15, 0.2) is 0 Å². The van der Waals surface area contributed by atoms with Crippen LogP contribution in [0.1, 0.15) is 175 Å². The third kappa shape index (κ3) is 14.1. The Bertz CT molecular complexity index is 1290. The van der Waals surface area contributed by atoms with Gasteiger partial charge in [0.05, 0.1) is 0 Å². The van der Waals surface area contributed by atoms with Gasteiger partial charge in [-0.2, -0.15) is 0 Å². The monoisotopic (exact) mass is 651 g/mol. The molecule has 2 heteroatoms. The molecular formula is C46H66O2. The second-order valence-electron chi connectivity index (χ2n) is 13.9. The van der Waals surface area contributed by atoms with Crippen LogP contribution in [-0.2, 0) is 25.7 Å². The average molecular weight is 651 g/mol. The maximum Gasteiger partial charge on any atom is 0.123 e. The van der Waals surface area contributed by atoms with Crippen molar-refractivity contribution in [2.45, 2.75) is 156 Å². The molecule has 48 heavy (non-hydrogen) atoms. The van der Waals surface area contributed by atoms with Gasteiger partial charge in [0.25, 0.3) is 0 Å². The van der Waals surface area contributed by atoms with E-state index < -0.39 is 0 Å². The number of rotatable bonds is 24. The summed E-state index contributed by atoms with van der Waals surface area (Å²) in [5.41, 5.74) is 9.21. The molecule has 0 spiro atoms. The van der Waals surface area contributed by atoms with Crippen molar-refractivity contribution in [2.24, 2.45) is 0 Å². The van der Waals surface area contributed by atoms with Crippen LogP contribution in [0.3, 0.4) is 0 Å². The molecule has 2 nitrogen and oxygen atoms in total. The van der Waals surface area contributed by atoms with Crippen molar-refractivity contribution in [1.29, 1.82) is 0 Å². The van der Waals surface area contributed by atoms with Crippen LogP contribution in [0.4, 0.5) is 0 Å². The molecule has 0 heterocycles. The lowest BCUT2D eigenvalue weighted by Gasteiger charge is -2.11. The number of phenols is 2. The molecule has 3 rings (SSSR count). The van der Waals surface area contributed by atoms with Gasteiger partial charge in [-0.05, 0) is 96.9 Å². The smallest absolute Gasteiger partial charge is 0.123 e. The van der Waals surface area contributed by atoms with Crippen LogP contribution in [0.5, 0.6) is 11.5 Å². The van der Waals surface area contributed by atoms with Gasteiger partial charge in [0, 0.05) is 11.1 Å². The summed E-state index contributed by atoms with van der Waals surface area (Å²) >= 11 is 0. The Hall–Kier alpha value is -3.26. The number of phenolic OH excluding ortho intramolecular Hbond substituents is 2.